The number of rotatable bonds is 3. The predicted molar refractivity (Wildman–Crippen MR) is 69.4 cm³/mol. The van der Waals surface area contributed by atoms with Crippen LogP contribution in [0.4, 0.5) is 5.69 Å². The molecule has 18 heavy (non-hydrogen) atoms. The smallest absolute Gasteiger partial charge is 0.358 e. The van der Waals surface area contributed by atoms with Crippen LogP contribution in [0.1, 0.15) is 17.4 Å². The lowest BCUT2D eigenvalue weighted by atomic mass is 10.1. The van der Waals surface area contributed by atoms with Crippen LogP contribution in [0.2, 0.25) is 5.02 Å². The molecule has 0 bridgehead atoms. The Bertz CT molecular complexity index is 580. The van der Waals surface area contributed by atoms with Crippen molar-refractivity contribution in [3.05, 3.63) is 35.0 Å². The molecule has 0 saturated heterocycles. The van der Waals surface area contributed by atoms with Crippen molar-refractivity contribution in [2.45, 2.75) is 6.92 Å². The first kappa shape index (κ1) is 12.4. The Morgan fingerprint density at radius 2 is 2.22 bits per heavy atom. The monoisotopic (exact) mass is 265 g/mol. The number of esters is 1. The van der Waals surface area contributed by atoms with E-state index in [9.17, 15) is 4.79 Å². The normalized spacial score (nSPS) is 10.3. The lowest BCUT2D eigenvalue weighted by Crippen LogP contribution is -2.07. The molecule has 0 aliphatic heterocycles. The van der Waals surface area contributed by atoms with Crippen LogP contribution in [0, 0.1) is 0 Å². The number of aromatic nitrogens is 2. The van der Waals surface area contributed by atoms with Gasteiger partial charge in [0.1, 0.15) is 5.69 Å². The molecule has 0 radical (unpaired) electrons. The molecule has 0 fully saturated rings. The molecular weight excluding hydrogens is 254 g/mol. The molecule has 2 aromatic rings. The molecule has 94 valence electrons. The van der Waals surface area contributed by atoms with Crippen molar-refractivity contribution in [3.63, 3.8) is 0 Å². The van der Waals surface area contributed by atoms with E-state index in [0.717, 1.165) is 0 Å². The molecule has 0 atom stereocenters. The number of anilines is 1. The van der Waals surface area contributed by atoms with E-state index in [4.69, 9.17) is 22.1 Å². The Hall–Kier alpha value is -2.01. The minimum absolute atomic E-state index is 0.145. The van der Waals surface area contributed by atoms with Gasteiger partial charge in [0.2, 0.25) is 0 Å². The summed E-state index contributed by atoms with van der Waals surface area (Å²) in [6.45, 7) is 2.00. The minimum Gasteiger partial charge on any atom is -0.461 e. The second-order valence-electron chi connectivity index (χ2n) is 3.56. The van der Waals surface area contributed by atoms with Crippen molar-refractivity contribution < 1.29 is 9.53 Å². The van der Waals surface area contributed by atoms with E-state index in [1.165, 1.54) is 0 Å². The molecule has 1 aromatic carbocycles. The van der Waals surface area contributed by atoms with E-state index in [1.807, 2.05) is 6.07 Å². The van der Waals surface area contributed by atoms with Gasteiger partial charge in [-0.25, -0.2) is 4.79 Å². The van der Waals surface area contributed by atoms with Gasteiger partial charge >= 0.3 is 5.97 Å². The van der Waals surface area contributed by atoms with Gasteiger partial charge in [0.25, 0.3) is 0 Å². The van der Waals surface area contributed by atoms with Crippen LogP contribution in [-0.4, -0.2) is 22.8 Å². The number of hydrogen-bond donors (Lipinski definition) is 2. The molecular formula is C12H12ClN3O2. The highest BCUT2D eigenvalue weighted by atomic mass is 35.5. The van der Waals surface area contributed by atoms with Gasteiger partial charge in [0.15, 0.2) is 5.69 Å². The van der Waals surface area contributed by atoms with E-state index in [1.54, 1.807) is 25.1 Å². The topological polar surface area (TPSA) is 81.0 Å². The summed E-state index contributed by atoms with van der Waals surface area (Å²) in [7, 11) is 0. The fraction of sp³-hybridized carbons (Fsp3) is 0.167. The SMILES string of the molecule is CCOC(=O)c1[nH]nc(-c2ccccc2Cl)c1N. The number of H-pyrrole nitrogens is 1. The predicted octanol–water partition coefficient (Wildman–Crippen LogP) is 2.49. The quantitative estimate of drug-likeness (QED) is 0.836. The first-order valence-electron chi connectivity index (χ1n) is 5.41. The second kappa shape index (κ2) is 5.10. The van der Waals surface area contributed by atoms with Crippen LogP contribution in [0.5, 0.6) is 0 Å². The highest BCUT2D eigenvalue weighted by Crippen LogP contribution is 2.31. The highest BCUT2D eigenvalue weighted by Gasteiger charge is 2.19. The molecule has 3 N–H and O–H groups in total. The minimum atomic E-state index is -0.527. The number of ether oxygens (including phenoxy) is 1. The van der Waals surface area contributed by atoms with E-state index >= 15 is 0 Å². The van der Waals surface area contributed by atoms with Crippen LogP contribution >= 0.6 is 11.6 Å². The molecule has 5 nitrogen and oxygen atoms in total. The Labute approximate surface area is 109 Å². The summed E-state index contributed by atoms with van der Waals surface area (Å²) < 4.78 is 4.87. The number of aromatic amines is 1. The fourth-order valence-electron chi connectivity index (χ4n) is 1.57. The number of halogens is 1. The standard InChI is InChI=1S/C12H12ClN3O2/c1-2-18-12(17)11-9(14)10(15-16-11)7-5-3-4-6-8(7)13/h3-6H,2,14H2,1H3,(H,15,16). The van der Waals surface area contributed by atoms with Crippen LogP contribution in [0.15, 0.2) is 24.3 Å². The van der Waals surface area contributed by atoms with Crippen molar-refractivity contribution in [1.29, 1.82) is 0 Å². The Balaban J connectivity index is 2.43. The van der Waals surface area contributed by atoms with E-state index in [0.29, 0.717) is 16.3 Å². The number of nitrogens with zero attached hydrogens (tertiary/aromatic N) is 1. The number of nitrogens with two attached hydrogens (primary N) is 1. The van der Waals surface area contributed by atoms with Gasteiger partial charge in [-0.1, -0.05) is 29.8 Å². The van der Waals surface area contributed by atoms with Gasteiger partial charge in [-0.2, -0.15) is 5.10 Å². The lowest BCUT2D eigenvalue weighted by Gasteiger charge is -2.02. The number of carbonyl (C=O) groups is 1. The molecule has 0 unspecified atom stereocenters. The van der Waals surface area contributed by atoms with Gasteiger partial charge in [0, 0.05) is 5.56 Å². The van der Waals surface area contributed by atoms with Crippen LogP contribution in [0.3, 0.4) is 0 Å². The number of carbonyl (C=O) groups excluding carboxylic acids is 1. The van der Waals surface area contributed by atoms with Crippen LogP contribution in [-0.2, 0) is 4.74 Å². The van der Waals surface area contributed by atoms with Gasteiger partial charge in [-0.05, 0) is 13.0 Å². The summed E-state index contributed by atoms with van der Waals surface area (Å²) >= 11 is 6.06. The van der Waals surface area contributed by atoms with Crippen molar-refractivity contribution in [1.82, 2.24) is 10.2 Å². The number of nitrogens with one attached hydrogen (secondary N) is 1. The van der Waals surface area contributed by atoms with Gasteiger partial charge < -0.3 is 10.5 Å². The third-order valence-electron chi connectivity index (χ3n) is 2.41. The lowest BCUT2D eigenvalue weighted by molar-refractivity contribution is 0.0520. The Morgan fingerprint density at radius 1 is 1.50 bits per heavy atom. The molecule has 6 heteroatoms. The van der Waals surface area contributed by atoms with Crippen LogP contribution < -0.4 is 5.73 Å². The number of benzene rings is 1. The van der Waals surface area contributed by atoms with Crippen molar-refractivity contribution in [2.24, 2.45) is 0 Å². The zero-order valence-corrected chi connectivity index (χ0v) is 10.5. The largest absolute Gasteiger partial charge is 0.461 e. The first-order valence-corrected chi connectivity index (χ1v) is 5.78. The molecule has 0 aliphatic carbocycles. The maximum atomic E-state index is 11.6. The summed E-state index contributed by atoms with van der Waals surface area (Å²) in [6.07, 6.45) is 0. The Kier molecular flexibility index (Phi) is 3.53. The van der Waals surface area contributed by atoms with E-state index in [-0.39, 0.29) is 18.0 Å². The molecule has 1 heterocycles. The summed E-state index contributed by atoms with van der Waals surface area (Å²) in [4.78, 5) is 11.6. The van der Waals surface area contributed by atoms with E-state index in [2.05, 4.69) is 10.2 Å². The molecule has 0 aliphatic rings. The van der Waals surface area contributed by atoms with Gasteiger partial charge in [0.05, 0.1) is 17.3 Å². The molecule has 1 aromatic heterocycles. The maximum Gasteiger partial charge on any atom is 0.358 e. The maximum absolute atomic E-state index is 11.6. The van der Waals surface area contributed by atoms with Gasteiger partial charge in [-0.15, -0.1) is 0 Å². The highest BCUT2D eigenvalue weighted by molar-refractivity contribution is 6.33. The first-order chi connectivity index (χ1) is 8.65. The Morgan fingerprint density at radius 3 is 2.89 bits per heavy atom. The molecule has 2 rings (SSSR count). The van der Waals surface area contributed by atoms with Crippen molar-refractivity contribution in [3.8, 4) is 11.3 Å². The summed E-state index contributed by atoms with van der Waals surface area (Å²) in [6, 6.07) is 7.14. The average Bonchev–Trinajstić information content (AvgIpc) is 2.72. The zero-order valence-electron chi connectivity index (χ0n) is 9.74. The average molecular weight is 266 g/mol. The summed E-state index contributed by atoms with van der Waals surface area (Å²) in [5.41, 5.74) is 7.38. The molecule has 0 amide bonds. The molecule has 0 spiro atoms. The van der Waals surface area contributed by atoms with Crippen LogP contribution in [0.25, 0.3) is 11.3 Å². The van der Waals surface area contributed by atoms with E-state index < -0.39 is 5.97 Å². The number of nitrogen functional groups attached to an aromatic ring is 1. The second-order valence-corrected chi connectivity index (χ2v) is 3.97. The third-order valence-corrected chi connectivity index (χ3v) is 2.74. The van der Waals surface area contributed by atoms with Crippen molar-refractivity contribution >= 4 is 23.3 Å². The van der Waals surface area contributed by atoms with Gasteiger partial charge in [-0.3, -0.25) is 5.10 Å². The summed E-state index contributed by atoms with van der Waals surface area (Å²) in [5.74, 6) is -0.527. The van der Waals surface area contributed by atoms with Crippen molar-refractivity contribution in [2.75, 3.05) is 12.3 Å². The third kappa shape index (κ3) is 2.17. The summed E-state index contributed by atoms with van der Waals surface area (Å²) in [5, 5.41) is 7.11. The number of hydrogen-bond acceptors (Lipinski definition) is 4. The molecule has 0 saturated carbocycles. The fourth-order valence-corrected chi connectivity index (χ4v) is 1.79. The zero-order chi connectivity index (χ0) is 13.1.